The lowest BCUT2D eigenvalue weighted by molar-refractivity contribution is -0.131. The fraction of sp³-hybridized carbons (Fsp3) is 0.467. The van der Waals surface area contributed by atoms with Crippen LogP contribution in [0.25, 0.3) is 0 Å². The highest BCUT2D eigenvalue weighted by molar-refractivity contribution is 5.97. The molecule has 5 heteroatoms. The van der Waals surface area contributed by atoms with Gasteiger partial charge in [-0.15, -0.1) is 0 Å². The molecule has 1 fully saturated rings. The number of nitrogens with zero attached hydrogens (tertiary/aromatic N) is 1. The smallest absolute Gasteiger partial charge is 0.254 e. The van der Waals surface area contributed by atoms with Gasteiger partial charge in [-0.3, -0.25) is 9.59 Å². The fourth-order valence-corrected chi connectivity index (χ4v) is 2.19. The third kappa shape index (κ3) is 3.36. The summed E-state index contributed by atoms with van der Waals surface area (Å²) in [5.74, 6) is -0.290. The molecule has 1 atom stereocenters. The summed E-state index contributed by atoms with van der Waals surface area (Å²) in [6.45, 7) is 4.93. The van der Waals surface area contributed by atoms with Crippen LogP contribution in [0.4, 0.5) is 0 Å². The zero-order valence-electron chi connectivity index (χ0n) is 11.8. The number of carbonyl (C=O) groups excluding carboxylic acids is 2. The lowest BCUT2D eigenvalue weighted by Crippen LogP contribution is -2.56. The molecule has 0 aliphatic carbocycles. The normalized spacial score (nSPS) is 18.9. The van der Waals surface area contributed by atoms with Crippen LogP contribution in [0.5, 0.6) is 0 Å². The number of hydrogen-bond acceptors (Lipinski definition) is 3. The molecule has 0 bridgehead atoms. The number of amides is 2. The van der Waals surface area contributed by atoms with Crippen molar-refractivity contribution in [3.63, 3.8) is 0 Å². The summed E-state index contributed by atoms with van der Waals surface area (Å²) in [4.78, 5) is 26.3. The van der Waals surface area contributed by atoms with Gasteiger partial charge in [0.15, 0.2) is 0 Å². The van der Waals surface area contributed by atoms with E-state index in [1.54, 1.807) is 17.0 Å². The Bertz CT molecular complexity index is 473. The van der Waals surface area contributed by atoms with Gasteiger partial charge >= 0.3 is 0 Å². The fourth-order valence-electron chi connectivity index (χ4n) is 2.19. The molecule has 1 aliphatic rings. The van der Waals surface area contributed by atoms with E-state index in [0.29, 0.717) is 18.7 Å². The Kier molecular flexibility index (Phi) is 4.74. The van der Waals surface area contributed by atoms with Crippen LogP contribution in [0.2, 0.25) is 0 Å². The Labute approximate surface area is 118 Å². The van der Waals surface area contributed by atoms with Gasteiger partial charge in [0.05, 0.1) is 13.2 Å². The van der Waals surface area contributed by atoms with Crippen molar-refractivity contribution in [1.29, 1.82) is 0 Å². The average molecular weight is 276 g/mol. The third-order valence-corrected chi connectivity index (χ3v) is 3.14. The summed E-state index contributed by atoms with van der Waals surface area (Å²) < 4.78 is 5.35. The van der Waals surface area contributed by atoms with Crippen LogP contribution in [-0.4, -0.2) is 48.6 Å². The molecule has 0 spiro atoms. The Morgan fingerprint density at radius 1 is 1.30 bits per heavy atom. The van der Waals surface area contributed by atoms with Crippen LogP contribution in [0.1, 0.15) is 24.2 Å². The largest absolute Gasteiger partial charge is 0.377 e. The highest BCUT2D eigenvalue weighted by Crippen LogP contribution is 2.13. The van der Waals surface area contributed by atoms with Gasteiger partial charge in [0.2, 0.25) is 5.91 Å². The van der Waals surface area contributed by atoms with Crippen LogP contribution in [0, 0.1) is 0 Å². The summed E-state index contributed by atoms with van der Waals surface area (Å²) in [6, 6.07) is 8.49. The lowest BCUT2D eigenvalue weighted by Gasteiger charge is -2.35. The number of nitrogens with one attached hydrogen (secondary N) is 1. The second-order valence-corrected chi connectivity index (χ2v) is 5.12. The maximum Gasteiger partial charge on any atom is 0.254 e. The first-order chi connectivity index (χ1) is 9.59. The average Bonchev–Trinajstić information content (AvgIpc) is 2.46. The molecule has 1 heterocycles. The standard InChI is InChI=1S/C15H20N2O3/c1-11(2)16-14(18)13-10-20-9-8-17(13)15(19)12-6-4-3-5-7-12/h3-7,11,13H,8-10H2,1-2H3,(H,16,18). The number of morpholine rings is 1. The van der Waals surface area contributed by atoms with Crippen molar-refractivity contribution in [3.05, 3.63) is 35.9 Å². The van der Waals surface area contributed by atoms with Crippen molar-refractivity contribution < 1.29 is 14.3 Å². The zero-order valence-corrected chi connectivity index (χ0v) is 11.8. The minimum atomic E-state index is -0.557. The molecule has 2 amide bonds. The molecule has 1 saturated heterocycles. The zero-order chi connectivity index (χ0) is 14.5. The quantitative estimate of drug-likeness (QED) is 0.898. The minimum Gasteiger partial charge on any atom is -0.377 e. The second-order valence-electron chi connectivity index (χ2n) is 5.12. The van der Waals surface area contributed by atoms with E-state index in [1.165, 1.54) is 0 Å². The topological polar surface area (TPSA) is 58.6 Å². The van der Waals surface area contributed by atoms with Crippen molar-refractivity contribution in [2.45, 2.75) is 25.9 Å². The van der Waals surface area contributed by atoms with Crippen molar-refractivity contribution >= 4 is 11.8 Å². The maximum atomic E-state index is 12.5. The molecule has 0 radical (unpaired) electrons. The molecule has 2 rings (SSSR count). The molecule has 1 aromatic rings. The molecule has 1 aromatic carbocycles. The van der Waals surface area contributed by atoms with Crippen LogP contribution >= 0.6 is 0 Å². The molecular weight excluding hydrogens is 256 g/mol. The molecule has 0 saturated carbocycles. The summed E-state index contributed by atoms with van der Waals surface area (Å²) in [5.41, 5.74) is 0.594. The molecule has 1 N–H and O–H groups in total. The molecular formula is C15H20N2O3. The van der Waals surface area contributed by atoms with Gasteiger partial charge in [-0.25, -0.2) is 0 Å². The van der Waals surface area contributed by atoms with Gasteiger partial charge in [-0.1, -0.05) is 18.2 Å². The Hall–Kier alpha value is -1.88. The van der Waals surface area contributed by atoms with Gasteiger partial charge in [-0.05, 0) is 26.0 Å². The van der Waals surface area contributed by atoms with E-state index in [-0.39, 0.29) is 24.5 Å². The Morgan fingerprint density at radius 2 is 2.00 bits per heavy atom. The molecule has 20 heavy (non-hydrogen) atoms. The monoisotopic (exact) mass is 276 g/mol. The minimum absolute atomic E-state index is 0.0399. The first-order valence-electron chi connectivity index (χ1n) is 6.83. The lowest BCUT2D eigenvalue weighted by atomic mass is 10.1. The second kappa shape index (κ2) is 6.52. The number of rotatable bonds is 3. The number of ether oxygens (including phenoxy) is 1. The van der Waals surface area contributed by atoms with Gasteiger partial charge < -0.3 is 15.0 Å². The van der Waals surface area contributed by atoms with Crippen molar-refractivity contribution in [1.82, 2.24) is 10.2 Å². The summed E-state index contributed by atoms with van der Waals surface area (Å²) in [6.07, 6.45) is 0. The number of carbonyl (C=O) groups is 2. The predicted molar refractivity (Wildman–Crippen MR) is 75.4 cm³/mol. The van der Waals surface area contributed by atoms with Gasteiger partial charge in [0.25, 0.3) is 5.91 Å². The first kappa shape index (κ1) is 14.5. The predicted octanol–water partition coefficient (Wildman–Crippen LogP) is 1.05. The summed E-state index contributed by atoms with van der Waals surface area (Å²) in [5, 5.41) is 2.84. The molecule has 108 valence electrons. The van der Waals surface area contributed by atoms with E-state index in [0.717, 1.165) is 0 Å². The molecule has 5 nitrogen and oxygen atoms in total. The van der Waals surface area contributed by atoms with E-state index in [2.05, 4.69) is 5.32 Å². The molecule has 1 unspecified atom stereocenters. The van der Waals surface area contributed by atoms with Crippen LogP contribution in [0.15, 0.2) is 30.3 Å². The van der Waals surface area contributed by atoms with Crippen LogP contribution in [0.3, 0.4) is 0 Å². The number of benzene rings is 1. The van der Waals surface area contributed by atoms with Crippen molar-refractivity contribution in [2.75, 3.05) is 19.8 Å². The summed E-state index contributed by atoms with van der Waals surface area (Å²) in [7, 11) is 0. The Morgan fingerprint density at radius 3 is 2.65 bits per heavy atom. The maximum absolute atomic E-state index is 12.5. The third-order valence-electron chi connectivity index (χ3n) is 3.14. The van der Waals surface area contributed by atoms with Crippen molar-refractivity contribution in [2.24, 2.45) is 0 Å². The van der Waals surface area contributed by atoms with E-state index < -0.39 is 6.04 Å². The number of hydrogen-bond donors (Lipinski definition) is 1. The van der Waals surface area contributed by atoms with E-state index >= 15 is 0 Å². The van der Waals surface area contributed by atoms with Crippen molar-refractivity contribution in [3.8, 4) is 0 Å². The van der Waals surface area contributed by atoms with E-state index in [4.69, 9.17) is 4.74 Å². The van der Waals surface area contributed by atoms with E-state index in [1.807, 2.05) is 32.0 Å². The van der Waals surface area contributed by atoms with Gasteiger partial charge in [0, 0.05) is 18.2 Å². The van der Waals surface area contributed by atoms with Gasteiger partial charge in [0.1, 0.15) is 6.04 Å². The highest BCUT2D eigenvalue weighted by Gasteiger charge is 2.33. The van der Waals surface area contributed by atoms with E-state index in [9.17, 15) is 9.59 Å². The molecule has 1 aliphatic heterocycles. The van der Waals surface area contributed by atoms with Gasteiger partial charge in [-0.2, -0.15) is 0 Å². The van der Waals surface area contributed by atoms with Crippen LogP contribution in [-0.2, 0) is 9.53 Å². The Balaban J connectivity index is 2.14. The first-order valence-corrected chi connectivity index (χ1v) is 6.83. The SMILES string of the molecule is CC(C)NC(=O)C1COCCN1C(=O)c1ccccc1. The van der Waals surface area contributed by atoms with Crippen LogP contribution < -0.4 is 5.32 Å². The molecule has 0 aromatic heterocycles. The summed E-state index contributed by atoms with van der Waals surface area (Å²) >= 11 is 0. The highest BCUT2D eigenvalue weighted by atomic mass is 16.5.